The summed E-state index contributed by atoms with van der Waals surface area (Å²) in [5.41, 5.74) is 0.919. The quantitative estimate of drug-likeness (QED) is 0.723. The summed E-state index contributed by atoms with van der Waals surface area (Å²) in [7, 11) is 0. The van der Waals surface area contributed by atoms with E-state index in [1.54, 1.807) is 6.20 Å². The van der Waals surface area contributed by atoms with Crippen molar-refractivity contribution in [2.75, 3.05) is 0 Å². The molecule has 2 aromatic heterocycles. The Morgan fingerprint density at radius 3 is 2.89 bits per heavy atom. The summed E-state index contributed by atoms with van der Waals surface area (Å²) in [5, 5.41) is 14.9. The number of hydrogen-bond donors (Lipinski definition) is 1. The largest absolute Gasteiger partial charge is 0.334 e. The predicted octanol–water partition coefficient (Wildman–Crippen LogP) is 2.15. The van der Waals surface area contributed by atoms with Crippen LogP contribution in [0.3, 0.4) is 0 Å². The number of nitrogens with zero attached hydrogens (tertiary/aromatic N) is 4. The number of aromatic nitrogens is 5. The third-order valence-corrected chi connectivity index (χ3v) is 3.13. The van der Waals surface area contributed by atoms with Gasteiger partial charge in [0.25, 0.3) is 5.89 Å². The van der Waals surface area contributed by atoms with Gasteiger partial charge in [0.1, 0.15) is 5.03 Å². The standard InChI is InChI=1S/C11H9N5OS/c1-2-4-8(5-3-1)11-13-9(15-17-11)7-18-10-6-12-16-14-10/h1-6H,7H2,(H,12,14,16). The van der Waals surface area contributed by atoms with Gasteiger partial charge in [0.05, 0.1) is 11.9 Å². The van der Waals surface area contributed by atoms with Gasteiger partial charge in [-0.15, -0.1) is 5.10 Å². The first-order valence-corrected chi connectivity index (χ1v) is 6.27. The maximum atomic E-state index is 5.20. The monoisotopic (exact) mass is 259 g/mol. The first-order valence-electron chi connectivity index (χ1n) is 5.28. The van der Waals surface area contributed by atoms with Crippen LogP contribution < -0.4 is 0 Å². The average molecular weight is 259 g/mol. The van der Waals surface area contributed by atoms with Crippen LogP contribution in [-0.4, -0.2) is 25.6 Å². The van der Waals surface area contributed by atoms with Crippen LogP contribution in [0.25, 0.3) is 11.5 Å². The minimum atomic E-state index is 0.534. The average Bonchev–Trinajstić information content (AvgIpc) is 3.09. The molecule has 6 nitrogen and oxygen atoms in total. The number of hydrogen-bond acceptors (Lipinski definition) is 6. The van der Waals surface area contributed by atoms with Crippen molar-refractivity contribution < 1.29 is 4.52 Å². The molecule has 0 atom stereocenters. The van der Waals surface area contributed by atoms with Crippen molar-refractivity contribution in [3.05, 3.63) is 42.4 Å². The van der Waals surface area contributed by atoms with E-state index in [2.05, 4.69) is 25.6 Å². The van der Waals surface area contributed by atoms with E-state index in [1.807, 2.05) is 30.3 Å². The Morgan fingerprint density at radius 2 is 2.11 bits per heavy atom. The predicted molar refractivity (Wildman–Crippen MR) is 65.7 cm³/mol. The van der Waals surface area contributed by atoms with Crippen molar-refractivity contribution in [1.82, 2.24) is 25.6 Å². The van der Waals surface area contributed by atoms with Crippen molar-refractivity contribution in [3.8, 4) is 11.5 Å². The molecule has 18 heavy (non-hydrogen) atoms. The van der Waals surface area contributed by atoms with E-state index in [-0.39, 0.29) is 0 Å². The van der Waals surface area contributed by atoms with Gasteiger partial charge in [-0.2, -0.15) is 15.3 Å². The summed E-state index contributed by atoms with van der Waals surface area (Å²) in [4.78, 5) is 4.32. The number of thioether (sulfide) groups is 1. The molecule has 1 N–H and O–H groups in total. The Balaban J connectivity index is 1.70. The van der Waals surface area contributed by atoms with E-state index in [0.29, 0.717) is 17.5 Å². The Morgan fingerprint density at radius 1 is 1.22 bits per heavy atom. The molecule has 3 rings (SSSR count). The number of aromatic amines is 1. The van der Waals surface area contributed by atoms with E-state index >= 15 is 0 Å². The van der Waals surface area contributed by atoms with E-state index in [4.69, 9.17) is 4.52 Å². The Labute approximate surface area is 107 Å². The van der Waals surface area contributed by atoms with Gasteiger partial charge in [0.2, 0.25) is 0 Å². The van der Waals surface area contributed by atoms with E-state index in [0.717, 1.165) is 10.6 Å². The zero-order chi connectivity index (χ0) is 12.2. The number of benzene rings is 1. The molecule has 0 aliphatic rings. The second kappa shape index (κ2) is 5.01. The Hall–Kier alpha value is -2.15. The minimum Gasteiger partial charge on any atom is -0.334 e. The summed E-state index contributed by atoms with van der Waals surface area (Å²) in [6, 6.07) is 9.68. The fourth-order valence-corrected chi connectivity index (χ4v) is 2.04. The van der Waals surface area contributed by atoms with Crippen LogP contribution in [0.15, 0.2) is 46.1 Å². The second-order valence-electron chi connectivity index (χ2n) is 3.48. The van der Waals surface area contributed by atoms with Gasteiger partial charge in [-0.3, -0.25) is 0 Å². The van der Waals surface area contributed by atoms with Gasteiger partial charge in [-0.05, 0) is 12.1 Å². The molecular weight excluding hydrogens is 250 g/mol. The molecule has 2 heterocycles. The van der Waals surface area contributed by atoms with Crippen LogP contribution >= 0.6 is 11.8 Å². The summed E-state index contributed by atoms with van der Waals surface area (Å²) in [6.07, 6.45) is 1.66. The molecule has 7 heteroatoms. The summed E-state index contributed by atoms with van der Waals surface area (Å²) in [6.45, 7) is 0. The van der Waals surface area contributed by atoms with Crippen LogP contribution in [0, 0.1) is 0 Å². The fraction of sp³-hybridized carbons (Fsp3) is 0.0909. The number of H-pyrrole nitrogens is 1. The normalized spacial score (nSPS) is 10.7. The van der Waals surface area contributed by atoms with Gasteiger partial charge in [0, 0.05) is 5.56 Å². The lowest BCUT2D eigenvalue weighted by atomic mass is 10.2. The topological polar surface area (TPSA) is 80.5 Å². The highest BCUT2D eigenvalue weighted by Crippen LogP contribution is 2.21. The molecule has 0 aliphatic carbocycles. The van der Waals surface area contributed by atoms with Gasteiger partial charge < -0.3 is 4.52 Å². The fourth-order valence-electron chi connectivity index (χ4n) is 1.41. The highest BCUT2D eigenvalue weighted by molar-refractivity contribution is 7.98. The first kappa shape index (κ1) is 11.0. The molecule has 0 aliphatic heterocycles. The first-order chi connectivity index (χ1) is 8.92. The number of nitrogens with one attached hydrogen (secondary N) is 1. The lowest BCUT2D eigenvalue weighted by Crippen LogP contribution is -1.84. The van der Waals surface area contributed by atoms with Crippen LogP contribution in [0.5, 0.6) is 0 Å². The van der Waals surface area contributed by atoms with E-state index in [1.165, 1.54) is 11.8 Å². The van der Waals surface area contributed by atoms with Crippen LogP contribution in [0.1, 0.15) is 5.82 Å². The SMILES string of the molecule is c1ccc(-c2nc(CSc3cn[nH]n3)no2)cc1. The van der Waals surface area contributed by atoms with Gasteiger partial charge in [0.15, 0.2) is 5.82 Å². The lowest BCUT2D eigenvalue weighted by Gasteiger charge is -1.91. The van der Waals surface area contributed by atoms with Gasteiger partial charge in [-0.25, -0.2) is 0 Å². The minimum absolute atomic E-state index is 0.534. The molecule has 0 amide bonds. The molecule has 90 valence electrons. The maximum absolute atomic E-state index is 5.20. The molecule has 0 fully saturated rings. The Kier molecular flexibility index (Phi) is 3.05. The summed E-state index contributed by atoms with van der Waals surface area (Å²) >= 11 is 1.50. The zero-order valence-electron chi connectivity index (χ0n) is 9.28. The summed E-state index contributed by atoms with van der Waals surface area (Å²) in [5.74, 6) is 1.77. The van der Waals surface area contributed by atoms with E-state index in [9.17, 15) is 0 Å². The Bertz CT molecular complexity index is 607. The third-order valence-electron chi connectivity index (χ3n) is 2.23. The maximum Gasteiger partial charge on any atom is 0.257 e. The number of rotatable bonds is 4. The van der Waals surface area contributed by atoms with Crippen LogP contribution in [-0.2, 0) is 5.75 Å². The molecule has 0 bridgehead atoms. The lowest BCUT2D eigenvalue weighted by molar-refractivity contribution is 0.425. The molecule has 0 saturated heterocycles. The second-order valence-corrected chi connectivity index (χ2v) is 4.47. The van der Waals surface area contributed by atoms with Gasteiger partial charge in [-0.1, -0.05) is 35.1 Å². The van der Waals surface area contributed by atoms with Crippen LogP contribution in [0.2, 0.25) is 0 Å². The smallest absolute Gasteiger partial charge is 0.257 e. The van der Waals surface area contributed by atoms with Crippen molar-refractivity contribution in [1.29, 1.82) is 0 Å². The zero-order valence-corrected chi connectivity index (χ0v) is 10.1. The molecule has 0 spiro atoms. The molecule has 0 saturated carbocycles. The van der Waals surface area contributed by atoms with Crippen molar-refractivity contribution in [2.45, 2.75) is 10.8 Å². The molecule has 0 radical (unpaired) electrons. The molecular formula is C11H9N5OS. The third kappa shape index (κ3) is 2.40. The molecule has 3 aromatic rings. The van der Waals surface area contributed by atoms with Crippen LogP contribution in [0.4, 0.5) is 0 Å². The highest BCUT2D eigenvalue weighted by atomic mass is 32.2. The van der Waals surface area contributed by atoms with E-state index < -0.39 is 0 Å². The molecule has 1 aromatic carbocycles. The molecule has 0 unspecified atom stereocenters. The summed E-state index contributed by atoms with van der Waals surface area (Å²) < 4.78 is 5.20. The van der Waals surface area contributed by atoms with Crippen molar-refractivity contribution >= 4 is 11.8 Å². The van der Waals surface area contributed by atoms with Crippen molar-refractivity contribution in [2.24, 2.45) is 0 Å². The highest BCUT2D eigenvalue weighted by Gasteiger charge is 2.09. The van der Waals surface area contributed by atoms with Gasteiger partial charge >= 0.3 is 0 Å². The van der Waals surface area contributed by atoms with Crippen molar-refractivity contribution in [3.63, 3.8) is 0 Å².